The summed E-state index contributed by atoms with van der Waals surface area (Å²) in [6, 6.07) is 10.8. The summed E-state index contributed by atoms with van der Waals surface area (Å²) in [5.74, 6) is 0.637. The van der Waals surface area contributed by atoms with E-state index in [9.17, 15) is 4.79 Å². The van der Waals surface area contributed by atoms with Gasteiger partial charge in [-0.15, -0.1) is 0 Å². The first-order valence-corrected chi connectivity index (χ1v) is 7.23. The molecular weight excluding hydrogens is 311 g/mol. The Morgan fingerprint density at radius 1 is 1.19 bits per heavy atom. The highest BCUT2D eigenvalue weighted by Crippen LogP contribution is 2.25. The number of hydrogen-bond donors (Lipinski definition) is 0. The molecule has 0 spiro atoms. The Hall–Kier alpha value is -1.78. The van der Waals surface area contributed by atoms with E-state index in [0.717, 1.165) is 11.3 Å². The van der Waals surface area contributed by atoms with E-state index in [-0.39, 0.29) is 16.2 Å². The molecule has 0 saturated carbocycles. The van der Waals surface area contributed by atoms with Crippen LogP contribution in [0.5, 0.6) is 5.75 Å². The topological polar surface area (TPSA) is 42.4 Å². The normalized spacial score (nSPS) is 14.1. The number of carbonyl (C=O) groups excluding carboxylic acids is 1. The number of benzene rings is 1. The second kappa shape index (κ2) is 5.92. The lowest BCUT2D eigenvalue weighted by molar-refractivity contribution is 0.0733. The van der Waals surface area contributed by atoms with Gasteiger partial charge in [-0.1, -0.05) is 41.4 Å². The highest BCUT2D eigenvalue weighted by atomic mass is 35.5. The molecule has 0 unspecified atom stereocenters. The number of rotatable bonds is 1. The molecular formula is C15H12Cl2N2O2. The fourth-order valence-electron chi connectivity index (χ4n) is 2.24. The van der Waals surface area contributed by atoms with Crippen molar-refractivity contribution in [2.75, 3.05) is 13.2 Å². The van der Waals surface area contributed by atoms with E-state index in [2.05, 4.69) is 4.98 Å². The van der Waals surface area contributed by atoms with Gasteiger partial charge < -0.3 is 9.64 Å². The van der Waals surface area contributed by atoms with Crippen LogP contribution >= 0.6 is 23.2 Å². The molecule has 0 fully saturated rings. The van der Waals surface area contributed by atoms with Crippen molar-refractivity contribution in [3.8, 4) is 5.75 Å². The van der Waals surface area contributed by atoms with Crippen molar-refractivity contribution in [1.29, 1.82) is 0 Å². The molecule has 0 atom stereocenters. The summed E-state index contributed by atoms with van der Waals surface area (Å²) in [5.41, 5.74) is 1.32. The maximum Gasteiger partial charge on any atom is 0.257 e. The van der Waals surface area contributed by atoms with Gasteiger partial charge in [-0.2, -0.15) is 0 Å². The Morgan fingerprint density at radius 3 is 2.81 bits per heavy atom. The zero-order valence-electron chi connectivity index (χ0n) is 11.1. The minimum absolute atomic E-state index is 0.117. The molecule has 0 aliphatic carbocycles. The van der Waals surface area contributed by atoms with Crippen LogP contribution in [-0.4, -0.2) is 28.9 Å². The average Bonchev–Trinajstić information content (AvgIpc) is 2.68. The van der Waals surface area contributed by atoms with E-state index in [1.165, 1.54) is 0 Å². The largest absolute Gasteiger partial charge is 0.491 e. The maximum absolute atomic E-state index is 12.6. The predicted octanol–water partition coefficient (Wildman–Crippen LogP) is 3.42. The van der Waals surface area contributed by atoms with Crippen LogP contribution in [-0.2, 0) is 6.54 Å². The van der Waals surface area contributed by atoms with Crippen LogP contribution in [0.25, 0.3) is 0 Å². The quantitative estimate of drug-likeness (QED) is 0.755. The number of amides is 1. The molecule has 3 rings (SSSR count). The van der Waals surface area contributed by atoms with Gasteiger partial charge in [-0.05, 0) is 18.2 Å². The SMILES string of the molecule is O=C(c1ccc(Cl)nc1Cl)N1CCOc2ccccc2C1. The van der Waals surface area contributed by atoms with E-state index in [1.807, 2.05) is 24.3 Å². The number of fused-ring (bicyclic) bond motifs is 1. The Balaban J connectivity index is 1.88. The van der Waals surface area contributed by atoms with Crippen LogP contribution < -0.4 is 4.74 Å². The smallest absolute Gasteiger partial charge is 0.257 e. The van der Waals surface area contributed by atoms with Crippen molar-refractivity contribution in [1.82, 2.24) is 9.88 Å². The summed E-state index contributed by atoms with van der Waals surface area (Å²) in [6.07, 6.45) is 0. The van der Waals surface area contributed by atoms with Crippen LogP contribution in [0.15, 0.2) is 36.4 Å². The van der Waals surface area contributed by atoms with Crippen molar-refractivity contribution >= 4 is 29.1 Å². The fourth-order valence-corrected chi connectivity index (χ4v) is 2.67. The molecule has 1 amide bonds. The summed E-state index contributed by atoms with van der Waals surface area (Å²) >= 11 is 11.8. The molecule has 0 bridgehead atoms. The van der Waals surface area contributed by atoms with Gasteiger partial charge in [-0.25, -0.2) is 4.98 Å². The van der Waals surface area contributed by atoms with Gasteiger partial charge >= 0.3 is 0 Å². The Morgan fingerprint density at radius 2 is 2.00 bits per heavy atom. The van der Waals surface area contributed by atoms with Crippen LogP contribution in [0, 0.1) is 0 Å². The molecule has 0 N–H and O–H groups in total. The lowest BCUT2D eigenvalue weighted by atomic mass is 10.1. The van der Waals surface area contributed by atoms with Crippen LogP contribution in [0.3, 0.4) is 0 Å². The van der Waals surface area contributed by atoms with Crippen LogP contribution in [0.4, 0.5) is 0 Å². The monoisotopic (exact) mass is 322 g/mol. The Bertz CT molecular complexity index is 691. The number of para-hydroxylation sites is 1. The molecule has 2 aromatic rings. The van der Waals surface area contributed by atoms with E-state index in [4.69, 9.17) is 27.9 Å². The molecule has 1 aliphatic heterocycles. The number of nitrogens with zero attached hydrogens (tertiary/aromatic N) is 2. The molecule has 0 saturated heterocycles. The number of hydrogen-bond acceptors (Lipinski definition) is 3. The number of halogens is 2. The minimum atomic E-state index is -0.176. The third kappa shape index (κ3) is 2.96. The highest BCUT2D eigenvalue weighted by molar-refractivity contribution is 6.34. The molecule has 21 heavy (non-hydrogen) atoms. The van der Waals surface area contributed by atoms with Gasteiger partial charge in [0, 0.05) is 12.1 Å². The predicted molar refractivity (Wildman–Crippen MR) is 80.9 cm³/mol. The summed E-state index contributed by atoms with van der Waals surface area (Å²) in [4.78, 5) is 18.2. The number of ether oxygens (including phenoxy) is 1. The van der Waals surface area contributed by atoms with E-state index < -0.39 is 0 Å². The Labute approximate surface area is 132 Å². The second-order valence-corrected chi connectivity index (χ2v) is 5.40. The lowest BCUT2D eigenvalue weighted by Gasteiger charge is -2.20. The minimum Gasteiger partial charge on any atom is -0.491 e. The van der Waals surface area contributed by atoms with Crippen molar-refractivity contribution in [2.24, 2.45) is 0 Å². The summed E-state index contributed by atoms with van der Waals surface area (Å²) < 4.78 is 5.65. The van der Waals surface area contributed by atoms with Gasteiger partial charge in [0.25, 0.3) is 5.91 Å². The number of pyridine rings is 1. The first kappa shape index (κ1) is 14.2. The van der Waals surface area contributed by atoms with Gasteiger partial charge in [0.1, 0.15) is 22.7 Å². The van der Waals surface area contributed by atoms with Crippen LogP contribution in [0.1, 0.15) is 15.9 Å². The molecule has 1 aliphatic rings. The summed E-state index contributed by atoms with van der Waals surface area (Å²) in [7, 11) is 0. The van der Waals surface area contributed by atoms with E-state index in [1.54, 1.807) is 17.0 Å². The maximum atomic E-state index is 12.6. The molecule has 1 aromatic heterocycles. The molecule has 2 heterocycles. The molecule has 6 heteroatoms. The third-order valence-electron chi connectivity index (χ3n) is 3.28. The third-order valence-corrected chi connectivity index (χ3v) is 3.78. The van der Waals surface area contributed by atoms with Gasteiger partial charge in [0.2, 0.25) is 0 Å². The van der Waals surface area contributed by atoms with Gasteiger partial charge in [0.15, 0.2) is 0 Å². The zero-order chi connectivity index (χ0) is 14.8. The second-order valence-electron chi connectivity index (χ2n) is 4.66. The van der Waals surface area contributed by atoms with E-state index in [0.29, 0.717) is 25.3 Å². The van der Waals surface area contributed by atoms with Crippen molar-refractivity contribution in [3.05, 3.63) is 57.8 Å². The fraction of sp³-hybridized carbons (Fsp3) is 0.200. The highest BCUT2D eigenvalue weighted by Gasteiger charge is 2.23. The Kier molecular flexibility index (Phi) is 3.99. The van der Waals surface area contributed by atoms with Crippen LogP contribution in [0.2, 0.25) is 10.3 Å². The zero-order valence-corrected chi connectivity index (χ0v) is 12.6. The first-order chi connectivity index (χ1) is 10.1. The van der Waals surface area contributed by atoms with Crippen molar-refractivity contribution in [2.45, 2.75) is 6.54 Å². The van der Waals surface area contributed by atoms with Crippen molar-refractivity contribution < 1.29 is 9.53 Å². The molecule has 1 aromatic carbocycles. The average molecular weight is 323 g/mol. The van der Waals surface area contributed by atoms with Crippen molar-refractivity contribution in [3.63, 3.8) is 0 Å². The summed E-state index contributed by atoms with van der Waals surface area (Å²) in [6.45, 7) is 1.42. The van der Waals surface area contributed by atoms with E-state index >= 15 is 0 Å². The van der Waals surface area contributed by atoms with Gasteiger partial charge in [-0.3, -0.25) is 4.79 Å². The molecule has 108 valence electrons. The molecule has 4 nitrogen and oxygen atoms in total. The lowest BCUT2D eigenvalue weighted by Crippen LogP contribution is -2.32. The first-order valence-electron chi connectivity index (χ1n) is 6.47. The van der Waals surface area contributed by atoms with Gasteiger partial charge in [0.05, 0.1) is 12.1 Å². The standard InChI is InChI=1S/C15H12Cl2N2O2/c16-13-6-5-11(14(17)18-13)15(20)19-7-8-21-12-4-2-1-3-10(12)9-19/h1-6H,7-9H2. The summed E-state index contributed by atoms with van der Waals surface area (Å²) in [5, 5.41) is 0.382. The number of carbonyl (C=O) groups is 1. The molecule has 0 radical (unpaired) electrons. The number of aromatic nitrogens is 1.